The van der Waals surface area contributed by atoms with Crippen LogP contribution in [0.5, 0.6) is 0 Å². The summed E-state index contributed by atoms with van der Waals surface area (Å²) in [6, 6.07) is 3.94. The molecule has 0 aliphatic heterocycles. The summed E-state index contributed by atoms with van der Waals surface area (Å²) in [4.78, 5) is 4.22. The van der Waals surface area contributed by atoms with Crippen molar-refractivity contribution in [2.75, 3.05) is 12.4 Å². The number of thioether (sulfide) groups is 1. The van der Waals surface area contributed by atoms with E-state index in [-0.39, 0.29) is 6.61 Å². The maximum Gasteiger partial charge on any atom is 0.0960 e. The van der Waals surface area contributed by atoms with E-state index in [1.54, 1.807) is 18.0 Å². The minimum atomic E-state index is 0.244. The summed E-state index contributed by atoms with van der Waals surface area (Å²) < 4.78 is 0. The van der Waals surface area contributed by atoms with E-state index in [2.05, 4.69) is 4.98 Å². The Balaban J connectivity index is 2.40. The molecular weight excluding hydrogens is 184 g/mol. The Hall–Kier alpha value is -0.580. The molecule has 3 N–H and O–H groups in total. The second kappa shape index (κ2) is 5.96. The van der Waals surface area contributed by atoms with E-state index < -0.39 is 0 Å². The highest BCUT2D eigenvalue weighted by Crippen LogP contribution is 2.15. The fourth-order valence-corrected chi connectivity index (χ4v) is 1.63. The van der Waals surface area contributed by atoms with E-state index in [0.717, 1.165) is 22.8 Å². The van der Waals surface area contributed by atoms with E-state index in [0.29, 0.717) is 6.54 Å². The molecular formula is C9H14N2OS. The quantitative estimate of drug-likeness (QED) is 0.547. The first-order chi connectivity index (χ1) is 6.36. The van der Waals surface area contributed by atoms with Gasteiger partial charge >= 0.3 is 0 Å². The Bertz CT molecular complexity index is 238. The Morgan fingerprint density at radius 1 is 1.46 bits per heavy atom. The standard InChI is InChI=1S/C9H14N2OS/c10-6-8-2-3-9(11-7-8)13-5-1-4-12/h2-3,7,12H,1,4-6,10H2. The van der Waals surface area contributed by atoms with Crippen LogP contribution in [0.4, 0.5) is 0 Å². The molecule has 3 nitrogen and oxygen atoms in total. The SMILES string of the molecule is NCc1ccc(SCCCO)nc1. The minimum Gasteiger partial charge on any atom is -0.396 e. The summed E-state index contributed by atoms with van der Waals surface area (Å²) in [6.45, 7) is 0.780. The number of nitrogens with two attached hydrogens (primary N) is 1. The highest BCUT2D eigenvalue weighted by molar-refractivity contribution is 7.99. The van der Waals surface area contributed by atoms with Gasteiger partial charge in [0, 0.05) is 25.1 Å². The van der Waals surface area contributed by atoms with Gasteiger partial charge in [-0.25, -0.2) is 4.98 Å². The van der Waals surface area contributed by atoms with Gasteiger partial charge < -0.3 is 10.8 Å². The molecule has 0 fully saturated rings. The van der Waals surface area contributed by atoms with Gasteiger partial charge in [0.2, 0.25) is 0 Å². The van der Waals surface area contributed by atoms with Crippen molar-refractivity contribution in [2.45, 2.75) is 18.0 Å². The van der Waals surface area contributed by atoms with Gasteiger partial charge in [0.05, 0.1) is 5.03 Å². The second-order valence-corrected chi connectivity index (χ2v) is 3.75. The third-order valence-corrected chi connectivity index (χ3v) is 2.62. The first-order valence-corrected chi connectivity index (χ1v) is 5.24. The van der Waals surface area contributed by atoms with Crippen LogP contribution in [-0.2, 0) is 6.54 Å². The van der Waals surface area contributed by atoms with Crippen molar-refractivity contribution < 1.29 is 5.11 Å². The second-order valence-electron chi connectivity index (χ2n) is 2.63. The fourth-order valence-electron chi connectivity index (χ4n) is 0.858. The van der Waals surface area contributed by atoms with E-state index in [1.807, 2.05) is 12.1 Å². The van der Waals surface area contributed by atoms with E-state index in [9.17, 15) is 0 Å². The predicted octanol–water partition coefficient (Wildman–Crippen LogP) is 1.01. The van der Waals surface area contributed by atoms with Crippen LogP contribution in [0.25, 0.3) is 0 Å². The van der Waals surface area contributed by atoms with Gasteiger partial charge in [-0.3, -0.25) is 0 Å². The van der Waals surface area contributed by atoms with Gasteiger partial charge in [0.25, 0.3) is 0 Å². The van der Waals surface area contributed by atoms with Crippen LogP contribution in [-0.4, -0.2) is 22.5 Å². The molecule has 0 aromatic carbocycles. The molecule has 0 aliphatic rings. The molecule has 13 heavy (non-hydrogen) atoms. The van der Waals surface area contributed by atoms with Gasteiger partial charge in [-0.2, -0.15) is 0 Å². The Labute approximate surface area is 82.4 Å². The molecule has 4 heteroatoms. The summed E-state index contributed by atoms with van der Waals surface area (Å²) in [7, 11) is 0. The van der Waals surface area contributed by atoms with E-state index in [4.69, 9.17) is 10.8 Å². The van der Waals surface area contributed by atoms with Crippen LogP contribution in [0.3, 0.4) is 0 Å². The molecule has 0 aliphatic carbocycles. The number of hydrogen-bond acceptors (Lipinski definition) is 4. The maximum absolute atomic E-state index is 8.58. The van der Waals surface area contributed by atoms with Gasteiger partial charge in [-0.1, -0.05) is 6.07 Å². The van der Waals surface area contributed by atoms with Crippen LogP contribution in [0.15, 0.2) is 23.4 Å². The molecule has 0 bridgehead atoms. The number of hydrogen-bond donors (Lipinski definition) is 2. The fraction of sp³-hybridized carbons (Fsp3) is 0.444. The molecule has 0 amide bonds. The van der Waals surface area contributed by atoms with Crippen molar-refractivity contribution in [3.63, 3.8) is 0 Å². The largest absolute Gasteiger partial charge is 0.396 e. The summed E-state index contributed by atoms with van der Waals surface area (Å²) in [5, 5.41) is 9.57. The maximum atomic E-state index is 8.58. The number of rotatable bonds is 5. The molecule has 72 valence electrons. The Morgan fingerprint density at radius 3 is 2.85 bits per heavy atom. The van der Waals surface area contributed by atoms with Crippen molar-refractivity contribution in [1.82, 2.24) is 4.98 Å². The smallest absolute Gasteiger partial charge is 0.0960 e. The van der Waals surface area contributed by atoms with Gasteiger partial charge in [-0.15, -0.1) is 11.8 Å². The van der Waals surface area contributed by atoms with Crippen LogP contribution in [0, 0.1) is 0 Å². The molecule has 0 spiro atoms. The molecule has 0 saturated carbocycles. The molecule has 0 atom stereocenters. The first-order valence-electron chi connectivity index (χ1n) is 4.25. The van der Waals surface area contributed by atoms with E-state index in [1.165, 1.54) is 0 Å². The monoisotopic (exact) mass is 198 g/mol. The summed E-state index contributed by atoms with van der Waals surface area (Å²) in [5.41, 5.74) is 6.49. The minimum absolute atomic E-state index is 0.244. The molecule has 0 radical (unpaired) electrons. The molecule has 1 heterocycles. The third kappa shape index (κ3) is 3.76. The van der Waals surface area contributed by atoms with Crippen LogP contribution in [0.1, 0.15) is 12.0 Å². The number of nitrogens with zero attached hydrogens (tertiary/aromatic N) is 1. The van der Waals surface area contributed by atoms with Crippen molar-refractivity contribution in [3.05, 3.63) is 23.9 Å². The zero-order valence-corrected chi connectivity index (χ0v) is 8.26. The zero-order chi connectivity index (χ0) is 9.52. The number of aliphatic hydroxyl groups excluding tert-OH is 1. The summed E-state index contributed by atoms with van der Waals surface area (Å²) in [5.74, 6) is 0.908. The normalized spacial score (nSPS) is 10.3. The lowest BCUT2D eigenvalue weighted by atomic mass is 10.3. The van der Waals surface area contributed by atoms with Crippen LogP contribution in [0.2, 0.25) is 0 Å². The molecule has 1 aromatic rings. The van der Waals surface area contributed by atoms with Crippen LogP contribution < -0.4 is 5.73 Å². The summed E-state index contributed by atoms with van der Waals surface area (Å²) in [6.07, 6.45) is 2.60. The van der Waals surface area contributed by atoms with Crippen molar-refractivity contribution in [1.29, 1.82) is 0 Å². The van der Waals surface area contributed by atoms with Crippen LogP contribution >= 0.6 is 11.8 Å². The lowest BCUT2D eigenvalue weighted by molar-refractivity contribution is 0.296. The molecule has 0 unspecified atom stereocenters. The van der Waals surface area contributed by atoms with E-state index >= 15 is 0 Å². The Morgan fingerprint density at radius 2 is 2.31 bits per heavy atom. The average molecular weight is 198 g/mol. The third-order valence-electron chi connectivity index (χ3n) is 1.59. The number of pyridine rings is 1. The molecule has 1 rings (SSSR count). The van der Waals surface area contributed by atoms with Crippen molar-refractivity contribution >= 4 is 11.8 Å². The van der Waals surface area contributed by atoms with Crippen molar-refractivity contribution in [2.24, 2.45) is 5.73 Å². The van der Waals surface area contributed by atoms with Gasteiger partial charge in [0.1, 0.15) is 0 Å². The average Bonchev–Trinajstić information content (AvgIpc) is 2.19. The van der Waals surface area contributed by atoms with Gasteiger partial charge in [0.15, 0.2) is 0 Å². The lowest BCUT2D eigenvalue weighted by Crippen LogP contribution is -1.96. The number of aliphatic hydroxyl groups is 1. The molecule has 0 saturated heterocycles. The van der Waals surface area contributed by atoms with Crippen molar-refractivity contribution in [3.8, 4) is 0 Å². The zero-order valence-electron chi connectivity index (χ0n) is 7.44. The van der Waals surface area contributed by atoms with Gasteiger partial charge in [-0.05, 0) is 18.1 Å². The summed E-state index contributed by atoms with van der Waals surface area (Å²) >= 11 is 1.65. The highest BCUT2D eigenvalue weighted by Gasteiger charge is 1.95. The first kappa shape index (κ1) is 10.5. The Kier molecular flexibility index (Phi) is 4.82. The number of aromatic nitrogens is 1. The highest BCUT2D eigenvalue weighted by atomic mass is 32.2. The predicted molar refractivity (Wildman–Crippen MR) is 54.6 cm³/mol. The topological polar surface area (TPSA) is 59.1 Å². The lowest BCUT2D eigenvalue weighted by Gasteiger charge is -2.00. The molecule has 1 aromatic heterocycles.